The van der Waals surface area contributed by atoms with Gasteiger partial charge in [0.25, 0.3) is 0 Å². The number of nitrogens with zero attached hydrogens (tertiary/aromatic N) is 3. The van der Waals surface area contributed by atoms with Crippen LogP contribution in [0.5, 0.6) is 0 Å². The highest BCUT2D eigenvalue weighted by molar-refractivity contribution is 6.07. The van der Waals surface area contributed by atoms with Crippen LogP contribution in [0.25, 0.3) is 99.6 Å². The number of benzene rings is 4. The van der Waals surface area contributed by atoms with Crippen LogP contribution in [0.3, 0.4) is 0 Å². The Hall–Kier alpha value is -6.27. The number of aromatic nitrogens is 3. The lowest BCUT2D eigenvalue weighted by molar-refractivity contribution is 0.653. The van der Waals surface area contributed by atoms with Gasteiger partial charge in [0.2, 0.25) is 17.1 Å². The number of hydrogen-bond donors (Lipinski definition) is 0. The predicted molar refractivity (Wildman–Crippen MR) is 178 cm³/mol. The van der Waals surface area contributed by atoms with Gasteiger partial charge in [-0.1, -0.05) is 18.2 Å². The number of rotatable bonds is 3. The summed E-state index contributed by atoms with van der Waals surface area (Å²) >= 11 is 0. The van der Waals surface area contributed by atoms with Gasteiger partial charge in [0.05, 0.1) is 0 Å². The number of fused-ring (bicyclic) bond motifs is 9. The highest BCUT2D eigenvalue weighted by atomic mass is 16.3. The fourth-order valence-corrected chi connectivity index (χ4v) is 6.50. The van der Waals surface area contributed by atoms with Gasteiger partial charge in [-0.05, 0) is 124 Å². The third kappa shape index (κ3) is 3.72. The van der Waals surface area contributed by atoms with Crippen LogP contribution in [-0.4, -0.2) is 15.0 Å². The van der Waals surface area contributed by atoms with Gasteiger partial charge >= 0.3 is 0 Å². The van der Waals surface area contributed by atoms with E-state index >= 15 is 0 Å². The second-order valence-electron chi connectivity index (χ2n) is 11.3. The van der Waals surface area contributed by atoms with Gasteiger partial charge in [0.1, 0.15) is 16.7 Å². The monoisotopic (exact) mass is 579 g/mol. The van der Waals surface area contributed by atoms with Crippen molar-refractivity contribution in [1.82, 2.24) is 15.0 Å². The molecule has 0 N–H and O–H groups in total. The molecule has 6 heteroatoms. The summed E-state index contributed by atoms with van der Waals surface area (Å²) in [5, 5.41) is 6.13. The van der Waals surface area contributed by atoms with Crippen LogP contribution in [0.1, 0.15) is 0 Å². The van der Waals surface area contributed by atoms with Crippen LogP contribution < -0.4 is 0 Å². The summed E-state index contributed by atoms with van der Waals surface area (Å²) in [7, 11) is 0. The zero-order valence-electron chi connectivity index (χ0n) is 23.7. The summed E-state index contributed by atoms with van der Waals surface area (Å²) < 4.78 is 18.1. The Labute approximate surface area is 255 Å². The molecule has 0 radical (unpaired) electrons. The third-order valence-electron chi connectivity index (χ3n) is 8.68. The molecule has 0 aliphatic carbocycles. The van der Waals surface area contributed by atoms with Gasteiger partial charge in [0, 0.05) is 50.9 Å². The lowest BCUT2D eigenvalue weighted by Crippen LogP contribution is -1.87. The van der Waals surface area contributed by atoms with Crippen LogP contribution in [0.2, 0.25) is 0 Å². The maximum absolute atomic E-state index is 6.03. The topological polar surface area (TPSA) is 78.1 Å². The lowest BCUT2D eigenvalue weighted by atomic mass is 9.92. The van der Waals surface area contributed by atoms with Crippen LogP contribution in [0, 0.1) is 0 Å². The molecule has 0 bridgehead atoms. The van der Waals surface area contributed by atoms with E-state index in [0.29, 0.717) is 17.1 Å². The van der Waals surface area contributed by atoms with Crippen LogP contribution in [0.4, 0.5) is 0 Å². The van der Waals surface area contributed by atoms with E-state index in [1.165, 1.54) is 0 Å². The maximum Gasteiger partial charge on any atom is 0.227 e. The SMILES string of the molecule is c1cnc2oc3ccc(-c4cc(-c5ccc6oc7ncccc7c6c5)cc(-c5ccc6oc7ncccc7c6c5)c4)cc3c2c1. The molecular weight excluding hydrogens is 558 g/mol. The van der Waals surface area contributed by atoms with Crippen molar-refractivity contribution in [1.29, 1.82) is 0 Å². The van der Waals surface area contributed by atoms with Crippen molar-refractivity contribution in [3.63, 3.8) is 0 Å². The molecule has 0 spiro atoms. The number of hydrogen-bond acceptors (Lipinski definition) is 6. The largest absolute Gasteiger partial charge is 0.438 e. The summed E-state index contributed by atoms with van der Waals surface area (Å²) in [5.41, 5.74) is 11.0. The van der Waals surface area contributed by atoms with Crippen molar-refractivity contribution in [3.8, 4) is 33.4 Å². The van der Waals surface area contributed by atoms with E-state index in [2.05, 4.69) is 87.7 Å². The van der Waals surface area contributed by atoms with E-state index in [0.717, 1.165) is 82.4 Å². The number of furan rings is 3. The summed E-state index contributed by atoms with van der Waals surface area (Å²) in [6.07, 6.45) is 5.27. The minimum Gasteiger partial charge on any atom is -0.438 e. The molecule has 4 aromatic carbocycles. The molecule has 0 atom stereocenters. The fraction of sp³-hybridized carbons (Fsp3) is 0. The Morgan fingerprint density at radius 1 is 0.311 bits per heavy atom. The van der Waals surface area contributed by atoms with Crippen molar-refractivity contribution >= 4 is 66.2 Å². The first-order chi connectivity index (χ1) is 22.2. The van der Waals surface area contributed by atoms with Crippen LogP contribution >= 0.6 is 0 Å². The molecule has 0 unspecified atom stereocenters. The standard InChI is InChI=1S/C39H21N3O3/c1-4-28-31-19-22(7-10-34(31)43-37(28)40-13-1)25-16-26(23-8-11-35-32(20-23)29-5-2-14-41-38(29)44-35)18-27(17-25)24-9-12-36-33(21-24)30-6-3-15-42-39(30)45-36/h1-21H. The summed E-state index contributed by atoms with van der Waals surface area (Å²) in [6, 6.07) is 37.8. The highest BCUT2D eigenvalue weighted by Gasteiger charge is 2.15. The molecule has 45 heavy (non-hydrogen) atoms. The minimum atomic E-state index is 0.643. The van der Waals surface area contributed by atoms with Gasteiger partial charge in [-0.25, -0.2) is 15.0 Å². The summed E-state index contributed by atoms with van der Waals surface area (Å²) in [5.74, 6) is 0. The molecule has 10 aromatic rings. The highest BCUT2D eigenvalue weighted by Crippen LogP contribution is 2.39. The first kappa shape index (κ1) is 24.2. The molecule has 0 aliphatic rings. The van der Waals surface area contributed by atoms with Crippen molar-refractivity contribution in [3.05, 3.63) is 128 Å². The van der Waals surface area contributed by atoms with Crippen molar-refractivity contribution in [2.45, 2.75) is 0 Å². The van der Waals surface area contributed by atoms with E-state index in [-0.39, 0.29) is 0 Å². The first-order valence-corrected chi connectivity index (χ1v) is 14.7. The molecule has 0 saturated heterocycles. The van der Waals surface area contributed by atoms with Crippen molar-refractivity contribution < 1.29 is 13.3 Å². The van der Waals surface area contributed by atoms with Crippen molar-refractivity contribution in [2.24, 2.45) is 0 Å². The quantitative estimate of drug-likeness (QED) is 0.207. The van der Waals surface area contributed by atoms with E-state index in [4.69, 9.17) is 13.3 Å². The molecular formula is C39H21N3O3. The zero-order chi connectivity index (χ0) is 29.5. The van der Waals surface area contributed by atoms with Crippen LogP contribution in [0.15, 0.2) is 141 Å². The molecule has 0 saturated carbocycles. The molecule has 10 rings (SSSR count). The Kier molecular flexibility index (Phi) is 4.90. The first-order valence-electron chi connectivity index (χ1n) is 14.7. The molecule has 0 fully saturated rings. The molecule has 6 nitrogen and oxygen atoms in total. The Bertz CT molecular complexity index is 2470. The molecule has 210 valence electrons. The third-order valence-corrected chi connectivity index (χ3v) is 8.68. The summed E-state index contributed by atoms with van der Waals surface area (Å²) in [6.45, 7) is 0. The smallest absolute Gasteiger partial charge is 0.227 e. The van der Waals surface area contributed by atoms with Gasteiger partial charge in [-0.3, -0.25) is 0 Å². The minimum absolute atomic E-state index is 0.643. The average molecular weight is 580 g/mol. The normalized spacial score (nSPS) is 12.0. The average Bonchev–Trinajstić information content (AvgIpc) is 3.78. The Morgan fingerprint density at radius 3 is 0.978 bits per heavy atom. The zero-order valence-corrected chi connectivity index (χ0v) is 23.7. The van der Waals surface area contributed by atoms with E-state index in [1.54, 1.807) is 18.6 Å². The maximum atomic E-state index is 6.03. The molecule has 0 aliphatic heterocycles. The van der Waals surface area contributed by atoms with Gasteiger partial charge in [-0.15, -0.1) is 0 Å². The van der Waals surface area contributed by atoms with Gasteiger partial charge < -0.3 is 13.3 Å². The van der Waals surface area contributed by atoms with E-state index in [9.17, 15) is 0 Å². The second-order valence-corrected chi connectivity index (χ2v) is 11.3. The Balaban J connectivity index is 1.21. The second kappa shape index (κ2) is 9.11. The summed E-state index contributed by atoms with van der Waals surface area (Å²) in [4.78, 5) is 13.3. The van der Waals surface area contributed by atoms with Gasteiger partial charge in [0.15, 0.2) is 0 Å². The van der Waals surface area contributed by atoms with E-state index < -0.39 is 0 Å². The van der Waals surface area contributed by atoms with Crippen molar-refractivity contribution in [2.75, 3.05) is 0 Å². The van der Waals surface area contributed by atoms with Crippen LogP contribution in [-0.2, 0) is 0 Å². The lowest BCUT2D eigenvalue weighted by Gasteiger charge is -2.12. The fourth-order valence-electron chi connectivity index (χ4n) is 6.50. The predicted octanol–water partition coefficient (Wildman–Crippen LogP) is 10.6. The Morgan fingerprint density at radius 2 is 0.644 bits per heavy atom. The molecule has 6 aromatic heterocycles. The molecule has 6 heterocycles. The van der Waals surface area contributed by atoms with E-state index in [1.807, 2.05) is 36.4 Å². The number of pyridine rings is 3. The molecule has 0 amide bonds. The van der Waals surface area contributed by atoms with Gasteiger partial charge in [-0.2, -0.15) is 0 Å².